The molecular formula is C17H11BrF11N3O. The van der Waals surface area contributed by atoms with Crippen LogP contribution in [0.15, 0.2) is 27.7 Å². The number of ether oxygens (including phenoxy) is 1. The van der Waals surface area contributed by atoms with Crippen molar-refractivity contribution >= 4 is 21.6 Å². The Morgan fingerprint density at radius 2 is 1.52 bits per heavy atom. The summed E-state index contributed by atoms with van der Waals surface area (Å²) in [4.78, 5) is 6.52. The molecule has 184 valence electrons. The van der Waals surface area contributed by atoms with Gasteiger partial charge in [-0.2, -0.15) is 48.3 Å². The van der Waals surface area contributed by atoms with Crippen LogP contribution in [-0.2, 0) is 24.8 Å². The fourth-order valence-electron chi connectivity index (χ4n) is 2.52. The van der Waals surface area contributed by atoms with E-state index >= 15 is 0 Å². The van der Waals surface area contributed by atoms with Crippen LogP contribution in [0.2, 0.25) is 0 Å². The Morgan fingerprint density at radius 1 is 0.939 bits per heavy atom. The van der Waals surface area contributed by atoms with Gasteiger partial charge in [0.2, 0.25) is 5.62 Å². The highest BCUT2D eigenvalue weighted by atomic mass is 79.9. The van der Waals surface area contributed by atoms with Crippen molar-refractivity contribution in [1.82, 2.24) is 9.55 Å². The lowest BCUT2D eigenvalue weighted by atomic mass is 10.1. The minimum absolute atomic E-state index is 0.155. The average molecular weight is 562 g/mol. The Hall–Kier alpha value is -2.39. The number of benzene rings is 1. The summed E-state index contributed by atoms with van der Waals surface area (Å²) in [5.41, 5.74) is -7.63. The molecule has 0 bridgehead atoms. The number of alkyl halides is 11. The van der Waals surface area contributed by atoms with Gasteiger partial charge in [0.25, 0.3) is 0 Å². The van der Waals surface area contributed by atoms with E-state index in [1.165, 1.54) is 6.92 Å². The van der Waals surface area contributed by atoms with Crippen LogP contribution in [-0.4, -0.2) is 22.8 Å². The zero-order valence-electron chi connectivity index (χ0n) is 16.2. The van der Waals surface area contributed by atoms with Crippen LogP contribution >= 0.6 is 15.9 Å². The van der Waals surface area contributed by atoms with Gasteiger partial charge >= 0.3 is 24.5 Å². The summed E-state index contributed by atoms with van der Waals surface area (Å²) in [6, 6.07) is 0.180. The zero-order chi connectivity index (χ0) is 25.6. The van der Waals surface area contributed by atoms with E-state index in [0.29, 0.717) is 0 Å². The molecule has 0 saturated carbocycles. The number of nitrogens with zero attached hydrogens (tertiary/aromatic N) is 3. The lowest BCUT2D eigenvalue weighted by Crippen LogP contribution is -2.38. The van der Waals surface area contributed by atoms with Crippen LogP contribution < -0.4 is 10.4 Å². The molecule has 33 heavy (non-hydrogen) atoms. The lowest BCUT2D eigenvalue weighted by molar-refractivity contribution is -0.291. The second kappa shape index (κ2) is 8.76. The van der Waals surface area contributed by atoms with Crippen LogP contribution in [0.4, 0.5) is 54.0 Å². The number of hydrogen-bond donors (Lipinski definition) is 0. The molecule has 0 atom stereocenters. The highest BCUT2D eigenvalue weighted by Gasteiger charge is 2.60. The van der Waals surface area contributed by atoms with Gasteiger partial charge in [0.05, 0.1) is 28.4 Å². The van der Waals surface area contributed by atoms with Crippen LogP contribution in [0.25, 0.3) is 0 Å². The molecule has 0 radical (unpaired) electrons. The number of rotatable bonds is 4. The van der Waals surface area contributed by atoms with Gasteiger partial charge < -0.3 is 4.74 Å². The molecule has 1 aromatic heterocycles. The monoisotopic (exact) mass is 561 g/mol. The van der Waals surface area contributed by atoms with Gasteiger partial charge in [0, 0.05) is 12.6 Å². The molecule has 16 heteroatoms. The molecule has 0 saturated heterocycles. The third-order valence-corrected chi connectivity index (χ3v) is 4.93. The first kappa shape index (κ1) is 26.9. The van der Waals surface area contributed by atoms with Crippen molar-refractivity contribution < 1.29 is 53.0 Å². The van der Waals surface area contributed by atoms with Gasteiger partial charge in [-0.15, -0.1) is 0 Å². The van der Waals surface area contributed by atoms with Crippen molar-refractivity contribution in [3.63, 3.8) is 0 Å². The number of aromatic nitrogens is 2. The van der Waals surface area contributed by atoms with E-state index < -0.39 is 62.9 Å². The van der Waals surface area contributed by atoms with Gasteiger partial charge in [-0.3, -0.25) is 4.57 Å². The van der Waals surface area contributed by atoms with Gasteiger partial charge in [0.1, 0.15) is 5.69 Å². The van der Waals surface area contributed by atoms with Crippen molar-refractivity contribution in [3.8, 4) is 5.88 Å². The first-order chi connectivity index (χ1) is 14.8. The molecule has 1 aromatic carbocycles. The normalized spacial score (nSPS) is 14.1. The van der Waals surface area contributed by atoms with Crippen molar-refractivity contribution in [2.75, 3.05) is 7.11 Å². The molecule has 0 amide bonds. The van der Waals surface area contributed by atoms with Crippen molar-refractivity contribution in [3.05, 3.63) is 45.1 Å². The average Bonchev–Trinajstić information content (AvgIpc) is 2.65. The highest BCUT2D eigenvalue weighted by molar-refractivity contribution is 9.10. The van der Waals surface area contributed by atoms with Gasteiger partial charge in [-0.25, -0.2) is 9.98 Å². The standard InChI is InChI=1S/C17H11BrF11N3O/c1-3-32-11(33-2)6-10(14(19,20)17(27,28)29)31-13(32)30-9-5-7(15(21,22)23)4-8(12(9)18)16(24,25)26/h4-6H,3H2,1-2H3. The molecule has 2 aromatic rings. The Morgan fingerprint density at radius 3 is 1.94 bits per heavy atom. The van der Waals surface area contributed by atoms with E-state index in [-0.39, 0.29) is 24.7 Å². The summed E-state index contributed by atoms with van der Waals surface area (Å²) in [7, 11) is 0.892. The summed E-state index contributed by atoms with van der Waals surface area (Å²) >= 11 is 2.47. The smallest absolute Gasteiger partial charge is 0.459 e. The lowest BCUT2D eigenvalue weighted by Gasteiger charge is -2.21. The van der Waals surface area contributed by atoms with Crippen LogP contribution in [0, 0.1) is 0 Å². The molecule has 4 nitrogen and oxygen atoms in total. The quantitative estimate of drug-likeness (QED) is 0.395. The summed E-state index contributed by atoms with van der Waals surface area (Å²) in [5, 5.41) is 0. The van der Waals surface area contributed by atoms with E-state index in [1.54, 1.807) is 0 Å². The summed E-state index contributed by atoms with van der Waals surface area (Å²) in [5.74, 6) is -6.18. The third kappa shape index (κ3) is 5.41. The topological polar surface area (TPSA) is 39.4 Å². The first-order valence-electron chi connectivity index (χ1n) is 8.48. The number of methoxy groups -OCH3 is 1. The van der Waals surface area contributed by atoms with Gasteiger partial charge in [-0.1, -0.05) is 0 Å². The molecule has 0 unspecified atom stereocenters. The minimum Gasteiger partial charge on any atom is -0.482 e. The van der Waals surface area contributed by atoms with Gasteiger partial charge in [0.15, 0.2) is 5.88 Å². The first-order valence-corrected chi connectivity index (χ1v) is 9.27. The Balaban J connectivity index is 2.99. The Bertz CT molecular complexity index is 1100. The molecule has 0 N–H and O–H groups in total. The fourth-order valence-corrected chi connectivity index (χ4v) is 3.06. The zero-order valence-corrected chi connectivity index (χ0v) is 17.8. The molecule has 0 aliphatic heterocycles. The maximum atomic E-state index is 13.9. The number of hydrogen-bond acceptors (Lipinski definition) is 3. The third-order valence-electron chi connectivity index (χ3n) is 4.10. The molecule has 0 aliphatic rings. The van der Waals surface area contributed by atoms with Crippen molar-refractivity contribution in [1.29, 1.82) is 0 Å². The highest BCUT2D eigenvalue weighted by Crippen LogP contribution is 2.45. The Kier molecular flexibility index (Phi) is 7.13. The number of halogens is 12. The van der Waals surface area contributed by atoms with Gasteiger partial charge in [-0.05, 0) is 35.0 Å². The van der Waals surface area contributed by atoms with E-state index in [4.69, 9.17) is 4.74 Å². The molecule has 0 fully saturated rings. The van der Waals surface area contributed by atoms with E-state index in [1.807, 2.05) is 0 Å². The molecule has 2 rings (SSSR count). The van der Waals surface area contributed by atoms with E-state index in [2.05, 4.69) is 25.9 Å². The maximum Gasteiger partial charge on any atom is 0.459 e. The Labute approximate surface area is 185 Å². The summed E-state index contributed by atoms with van der Waals surface area (Å²) in [6.45, 7) is 1.07. The SMILES string of the molecule is CCn1c(OC)cc(C(F)(F)C(F)(F)F)nc1=Nc1cc(C(F)(F)F)cc(C(F)(F)F)c1Br. The summed E-state index contributed by atoms with van der Waals surface area (Å²) < 4.78 is 150. The van der Waals surface area contributed by atoms with E-state index in [0.717, 1.165) is 11.7 Å². The van der Waals surface area contributed by atoms with Crippen LogP contribution in [0.1, 0.15) is 23.7 Å². The predicted octanol–water partition coefficient (Wildman–Crippen LogP) is 6.60. The predicted molar refractivity (Wildman–Crippen MR) is 93.8 cm³/mol. The largest absolute Gasteiger partial charge is 0.482 e. The molecular weight excluding hydrogens is 551 g/mol. The minimum atomic E-state index is -6.11. The maximum absolute atomic E-state index is 13.9. The molecule has 0 aliphatic carbocycles. The van der Waals surface area contributed by atoms with E-state index in [9.17, 15) is 48.3 Å². The fraction of sp³-hybridized carbons (Fsp3) is 0.412. The van der Waals surface area contributed by atoms with Crippen LogP contribution in [0.3, 0.4) is 0 Å². The van der Waals surface area contributed by atoms with Crippen molar-refractivity contribution in [2.24, 2.45) is 4.99 Å². The second-order valence-electron chi connectivity index (χ2n) is 6.26. The van der Waals surface area contributed by atoms with Crippen molar-refractivity contribution in [2.45, 2.75) is 37.9 Å². The second-order valence-corrected chi connectivity index (χ2v) is 7.06. The molecule has 0 spiro atoms. The summed E-state index contributed by atoms with van der Waals surface area (Å²) in [6.07, 6.45) is -16.7. The molecule has 1 heterocycles. The van der Waals surface area contributed by atoms with Crippen LogP contribution in [0.5, 0.6) is 5.88 Å².